The number of ether oxygens (including phenoxy) is 1. The Kier molecular flexibility index (Phi) is 4.31. The molecule has 2 heterocycles. The van der Waals surface area contributed by atoms with Crippen LogP contribution in [-0.4, -0.2) is 41.6 Å². The van der Waals surface area contributed by atoms with E-state index in [9.17, 15) is 9.50 Å². The maximum atomic E-state index is 13.4. The Morgan fingerprint density at radius 1 is 1.50 bits per heavy atom. The van der Waals surface area contributed by atoms with E-state index in [4.69, 9.17) is 9.15 Å². The fourth-order valence-corrected chi connectivity index (χ4v) is 3.02. The van der Waals surface area contributed by atoms with Gasteiger partial charge >= 0.3 is 0 Å². The molecule has 2 aromatic rings. The van der Waals surface area contributed by atoms with Gasteiger partial charge in [-0.3, -0.25) is 0 Å². The number of fused-ring (bicyclic) bond motifs is 1. The van der Waals surface area contributed by atoms with Crippen LogP contribution in [0.5, 0.6) is 5.75 Å². The molecule has 0 spiro atoms. The van der Waals surface area contributed by atoms with Crippen molar-refractivity contribution in [1.29, 1.82) is 0 Å². The predicted octanol–water partition coefficient (Wildman–Crippen LogP) is 2.30. The number of aliphatic hydroxyl groups is 1. The largest absolute Gasteiger partial charge is 0.488 e. The van der Waals surface area contributed by atoms with E-state index in [1.165, 1.54) is 6.39 Å². The predicted molar refractivity (Wildman–Crippen MR) is 80.6 cm³/mol. The average Bonchev–Trinajstić information content (AvgIpc) is 2.93. The van der Waals surface area contributed by atoms with Gasteiger partial charge < -0.3 is 19.6 Å². The molecule has 2 N–H and O–H groups in total. The van der Waals surface area contributed by atoms with Crippen molar-refractivity contribution in [2.24, 2.45) is 5.92 Å². The number of oxazole rings is 1. The highest BCUT2D eigenvalue weighted by Gasteiger charge is 2.30. The molecule has 0 amide bonds. The molecule has 2 unspecified atom stereocenters. The number of aromatic nitrogens is 1. The molecule has 3 atom stereocenters. The molecule has 3 rings (SSSR count). The van der Waals surface area contributed by atoms with Gasteiger partial charge in [-0.05, 0) is 44.4 Å². The summed E-state index contributed by atoms with van der Waals surface area (Å²) in [5, 5.41) is 13.6. The van der Waals surface area contributed by atoms with Gasteiger partial charge in [-0.15, -0.1) is 0 Å². The van der Waals surface area contributed by atoms with E-state index in [-0.39, 0.29) is 12.5 Å². The lowest BCUT2D eigenvalue weighted by atomic mass is 9.87. The molecule has 22 heavy (non-hydrogen) atoms. The summed E-state index contributed by atoms with van der Waals surface area (Å²) in [7, 11) is 0. The van der Waals surface area contributed by atoms with E-state index in [1.807, 2.05) is 12.1 Å². The monoisotopic (exact) mass is 308 g/mol. The van der Waals surface area contributed by atoms with Crippen molar-refractivity contribution in [2.75, 3.05) is 19.7 Å². The summed E-state index contributed by atoms with van der Waals surface area (Å²) in [4.78, 5) is 4.11. The molecule has 0 radical (unpaired) electrons. The van der Waals surface area contributed by atoms with Gasteiger partial charge in [-0.1, -0.05) is 6.07 Å². The van der Waals surface area contributed by atoms with Gasteiger partial charge in [0.05, 0.1) is 5.60 Å². The number of hydrogen-bond donors (Lipinski definition) is 2. The van der Waals surface area contributed by atoms with Crippen LogP contribution in [0.1, 0.15) is 19.8 Å². The highest BCUT2D eigenvalue weighted by atomic mass is 19.1. The van der Waals surface area contributed by atoms with E-state index < -0.39 is 11.8 Å². The summed E-state index contributed by atoms with van der Waals surface area (Å²) in [5.41, 5.74) is 0.269. The number of alkyl halides is 1. The quantitative estimate of drug-likeness (QED) is 0.887. The first-order chi connectivity index (χ1) is 10.5. The van der Waals surface area contributed by atoms with Crippen LogP contribution in [0.15, 0.2) is 29.0 Å². The summed E-state index contributed by atoms with van der Waals surface area (Å²) in [6.07, 6.45) is 1.52. The second-order valence-corrected chi connectivity index (χ2v) is 6.30. The first-order valence-corrected chi connectivity index (χ1v) is 7.56. The van der Waals surface area contributed by atoms with Gasteiger partial charge in [-0.25, -0.2) is 9.37 Å². The Balaban J connectivity index is 1.60. The minimum atomic E-state index is -1.02. The van der Waals surface area contributed by atoms with Crippen molar-refractivity contribution < 1.29 is 18.7 Å². The molecule has 1 saturated heterocycles. The van der Waals surface area contributed by atoms with Gasteiger partial charge in [0.25, 0.3) is 0 Å². The maximum absolute atomic E-state index is 13.4. The molecule has 1 fully saturated rings. The molecular weight excluding hydrogens is 287 g/mol. The fraction of sp³-hybridized carbons (Fsp3) is 0.562. The zero-order valence-corrected chi connectivity index (χ0v) is 12.6. The van der Waals surface area contributed by atoms with Crippen molar-refractivity contribution in [1.82, 2.24) is 10.3 Å². The first-order valence-electron chi connectivity index (χ1n) is 7.56. The van der Waals surface area contributed by atoms with Crippen molar-refractivity contribution in [3.63, 3.8) is 0 Å². The average molecular weight is 308 g/mol. The van der Waals surface area contributed by atoms with Crippen molar-refractivity contribution in [2.45, 2.75) is 31.5 Å². The van der Waals surface area contributed by atoms with Crippen molar-refractivity contribution in [3.8, 4) is 5.75 Å². The van der Waals surface area contributed by atoms with Gasteiger partial charge in [-0.2, -0.15) is 0 Å². The van der Waals surface area contributed by atoms with Gasteiger partial charge in [0.1, 0.15) is 18.5 Å². The summed E-state index contributed by atoms with van der Waals surface area (Å²) in [5.74, 6) is 0.696. The molecule has 120 valence electrons. The third kappa shape index (κ3) is 3.56. The number of nitrogens with one attached hydrogen (secondary N) is 1. The van der Waals surface area contributed by atoms with Crippen LogP contribution in [0, 0.1) is 5.92 Å². The number of benzene rings is 1. The molecule has 1 aliphatic rings. The third-order valence-corrected chi connectivity index (χ3v) is 3.98. The van der Waals surface area contributed by atoms with E-state index in [1.54, 1.807) is 13.0 Å². The Labute approximate surface area is 128 Å². The molecule has 0 aliphatic carbocycles. The van der Waals surface area contributed by atoms with Crippen LogP contribution in [-0.2, 0) is 0 Å². The summed E-state index contributed by atoms with van der Waals surface area (Å²) < 4.78 is 24.3. The fourth-order valence-electron chi connectivity index (χ4n) is 3.02. The molecule has 1 aliphatic heterocycles. The molecule has 5 nitrogen and oxygen atoms in total. The van der Waals surface area contributed by atoms with E-state index in [0.717, 1.165) is 6.54 Å². The van der Waals surface area contributed by atoms with Crippen LogP contribution in [0.2, 0.25) is 0 Å². The van der Waals surface area contributed by atoms with Crippen LogP contribution in [0.3, 0.4) is 0 Å². The lowest BCUT2D eigenvalue weighted by Gasteiger charge is -2.32. The number of rotatable bonds is 5. The molecule has 0 saturated carbocycles. The molecule has 6 heteroatoms. The molecular formula is C16H21FN2O3. The van der Waals surface area contributed by atoms with Crippen LogP contribution in [0.25, 0.3) is 11.1 Å². The summed E-state index contributed by atoms with van der Waals surface area (Å²) in [6, 6.07) is 5.42. The normalized spacial score (nSPS) is 25.0. The SMILES string of the molecule is C[C@@](O)(COc1cccc2ocnc12)CC1CNCC(F)C1. The second-order valence-electron chi connectivity index (χ2n) is 6.30. The highest BCUT2D eigenvalue weighted by molar-refractivity contribution is 5.79. The van der Waals surface area contributed by atoms with Crippen molar-refractivity contribution >= 4 is 11.1 Å². The minimum Gasteiger partial charge on any atom is -0.488 e. The zero-order chi connectivity index (χ0) is 15.6. The third-order valence-electron chi connectivity index (χ3n) is 3.98. The second kappa shape index (κ2) is 6.22. The number of halogens is 1. The number of hydrogen-bond acceptors (Lipinski definition) is 5. The Hall–Kier alpha value is -1.66. The zero-order valence-electron chi connectivity index (χ0n) is 12.6. The lowest BCUT2D eigenvalue weighted by molar-refractivity contribution is -0.0144. The van der Waals surface area contributed by atoms with Crippen LogP contribution in [0.4, 0.5) is 4.39 Å². The Bertz CT molecular complexity index is 629. The minimum absolute atomic E-state index is 0.116. The van der Waals surface area contributed by atoms with Crippen molar-refractivity contribution in [3.05, 3.63) is 24.6 Å². The van der Waals surface area contributed by atoms with E-state index in [2.05, 4.69) is 10.3 Å². The van der Waals surface area contributed by atoms with E-state index in [0.29, 0.717) is 36.2 Å². The molecule has 1 aromatic carbocycles. The molecule has 1 aromatic heterocycles. The number of piperidine rings is 1. The molecule has 0 bridgehead atoms. The summed E-state index contributed by atoms with van der Waals surface area (Å²) >= 11 is 0. The number of nitrogens with zero attached hydrogens (tertiary/aromatic N) is 1. The first kappa shape index (κ1) is 15.2. The van der Waals surface area contributed by atoms with E-state index >= 15 is 0 Å². The van der Waals surface area contributed by atoms with Crippen LogP contribution >= 0.6 is 0 Å². The van der Waals surface area contributed by atoms with Gasteiger partial charge in [0.15, 0.2) is 17.5 Å². The Morgan fingerprint density at radius 3 is 3.18 bits per heavy atom. The lowest BCUT2D eigenvalue weighted by Crippen LogP contribution is -2.43. The van der Waals surface area contributed by atoms with Gasteiger partial charge in [0, 0.05) is 6.54 Å². The van der Waals surface area contributed by atoms with Gasteiger partial charge in [0.2, 0.25) is 0 Å². The number of para-hydroxylation sites is 1. The summed E-state index contributed by atoms with van der Waals surface area (Å²) in [6.45, 7) is 2.99. The highest BCUT2D eigenvalue weighted by Crippen LogP contribution is 2.27. The maximum Gasteiger partial charge on any atom is 0.182 e. The Morgan fingerprint density at radius 2 is 2.36 bits per heavy atom. The standard InChI is InChI=1S/C16H21FN2O3/c1-16(20,6-11-5-12(17)8-18-7-11)9-21-13-3-2-4-14-15(13)19-10-22-14/h2-4,10-12,18,20H,5-9H2,1H3/t11?,12?,16-/m0/s1. The smallest absolute Gasteiger partial charge is 0.182 e. The van der Waals surface area contributed by atoms with Crippen LogP contribution < -0.4 is 10.1 Å². The topological polar surface area (TPSA) is 67.5 Å².